The number of rotatable bonds is 3. The van der Waals surface area contributed by atoms with E-state index in [4.69, 9.17) is 10.6 Å². The molecule has 1 saturated heterocycles. The second-order valence-corrected chi connectivity index (χ2v) is 4.64. The van der Waals surface area contributed by atoms with Gasteiger partial charge in [0.2, 0.25) is 0 Å². The molecule has 0 saturated carbocycles. The van der Waals surface area contributed by atoms with Gasteiger partial charge in [-0.25, -0.2) is 0 Å². The molecule has 3 N–H and O–H groups in total. The van der Waals surface area contributed by atoms with Crippen LogP contribution in [0.4, 0.5) is 0 Å². The molecule has 1 aliphatic heterocycles. The Balaban J connectivity index is 2.22. The normalized spacial score (nSPS) is 22.9. The van der Waals surface area contributed by atoms with Gasteiger partial charge in [0, 0.05) is 17.0 Å². The molecule has 4 heteroatoms. The summed E-state index contributed by atoms with van der Waals surface area (Å²) in [7, 11) is 0. The van der Waals surface area contributed by atoms with Crippen molar-refractivity contribution in [3.63, 3.8) is 0 Å². The van der Waals surface area contributed by atoms with Crippen molar-refractivity contribution in [1.29, 1.82) is 0 Å². The molecule has 1 heterocycles. The van der Waals surface area contributed by atoms with Gasteiger partial charge in [-0.2, -0.15) is 0 Å². The van der Waals surface area contributed by atoms with Crippen LogP contribution in [0.25, 0.3) is 0 Å². The number of nitrogens with two attached hydrogens (primary N) is 1. The molecule has 1 aromatic carbocycles. The number of nitrogens with one attached hydrogen (secondary N) is 1. The third-order valence-electron chi connectivity index (χ3n) is 2.86. The molecule has 0 radical (unpaired) electrons. The maximum atomic E-state index is 5.63. The van der Waals surface area contributed by atoms with E-state index < -0.39 is 0 Å². The Morgan fingerprint density at radius 2 is 2.27 bits per heavy atom. The van der Waals surface area contributed by atoms with E-state index in [0.29, 0.717) is 5.92 Å². The molecule has 0 aliphatic carbocycles. The van der Waals surface area contributed by atoms with E-state index in [1.807, 2.05) is 18.2 Å². The summed E-state index contributed by atoms with van der Waals surface area (Å²) >= 11 is 3.55. The minimum absolute atomic E-state index is 0.170. The van der Waals surface area contributed by atoms with Crippen LogP contribution in [0, 0.1) is 5.92 Å². The fourth-order valence-corrected chi connectivity index (χ4v) is 2.55. The molecule has 2 atom stereocenters. The van der Waals surface area contributed by atoms with Gasteiger partial charge in [0.05, 0.1) is 12.6 Å². The van der Waals surface area contributed by atoms with E-state index >= 15 is 0 Å². The lowest BCUT2D eigenvalue weighted by Gasteiger charge is -2.22. The Kier molecular flexibility index (Phi) is 3.75. The predicted octanol–water partition coefficient (Wildman–Crippen LogP) is 1.99. The Bertz CT molecular complexity index is 326. The van der Waals surface area contributed by atoms with Crippen LogP contribution in [0.3, 0.4) is 0 Å². The van der Waals surface area contributed by atoms with E-state index in [1.54, 1.807) is 0 Å². The molecule has 1 aliphatic rings. The van der Waals surface area contributed by atoms with Crippen molar-refractivity contribution >= 4 is 15.9 Å². The van der Waals surface area contributed by atoms with Crippen LogP contribution in [-0.2, 0) is 4.74 Å². The fraction of sp³-hybridized carbons (Fsp3) is 0.455. The number of ether oxygens (including phenoxy) is 1. The van der Waals surface area contributed by atoms with E-state index in [2.05, 4.69) is 27.4 Å². The van der Waals surface area contributed by atoms with E-state index in [1.165, 1.54) is 5.56 Å². The Morgan fingerprint density at radius 3 is 2.87 bits per heavy atom. The number of hydrogen-bond donors (Lipinski definition) is 2. The number of benzene rings is 1. The third kappa shape index (κ3) is 2.39. The molecule has 82 valence electrons. The minimum atomic E-state index is 0.170. The van der Waals surface area contributed by atoms with Crippen molar-refractivity contribution in [2.24, 2.45) is 11.8 Å². The largest absolute Gasteiger partial charge is 0.381 e. The Labute approximate surface area is 98.1 Å². The highest BCUT2D eigenvalue weighted by atomic mass is 79.9. The summed E-state index contributed by atoms with van der Waals surface area (Å²) in [5.41, 5.74) is 4.10. The molecule has 0 amide bonds. The first-order valence-electron chi connectivity index (χ1n) is 5.11. The van der Waals surface area contributed by atoms with Crippen molar-refractivity contribution in [3.8, 4) is 0 Å². The molecule has 3 nitrogen and oxygen atoms in total. The molecule has 2 rings (SSSR count). The topological polar surface area (TPSA) is 47.3 Å². The van der Waals surface area contributed by atoms with Crippen LogP contribution in [0.2, 0.25) is 0 Å². The van der Waals surface area contributed by atoms with Gasteiger partial charge in [0.1, 0.15) is 0 Å². The fourth-order valence-electron chi connectivity index (χ4n) is 2.02. The third-order valence-corrected chi connectivity index (χ3v) is 3.58. The van der Waals surface area contributed by atoms with Crippen LogP contribution in [0.1, 0.15) is 18.0 Å². The van der Waals surface area contributed by atoms with E-state index in [9.17, 15) is 0 Å². The van der Waals surface area contributed by atoms with E-state index in [0.717, 1.165) is 24.1 Å². The van der Waals surface area contributed by atoms with Gasteiger partial charge in [-0.15, -0.1) is 0 Å². The van der Waals surface area contributed by atoms with Crippen LogP contribution in [0.15, 0.2) is 28.7 Å². The molecule has 0 aromatic heterocycles. The van der Waals surface area contributed by atoms with Gasteiger partial charge in [0.25, 0.3) is 0 Å². The van der Waals surface area contributed by atoms with Gasteiger partial charge < -0.3 is 4.74 Å². The summed E-state index contributed by atoms with van der Waals surface area (Å²) in [4.78, 5) is 0. The van der Waals surface area contributed by atoms with Crippen molar-refractivity contribution in [3.05, 3.63) is 34.3 Å². The minimum Gasteiger partial charge on any atom is -0.381 e. The lowest BCUT2D eigenvalue weighted by molar-refractivity contribution is 0.176. The first-order chi connectivity index (χ1) is 7.33. The number of halogens is 1. The van der Waals surface area contributed by atoms with Gasteiger partial charge in [-0.3, -0.25) is 11.3 Å². The second kappa shape index (κ2) is 5.07. The monoisotopic (exact) mass is 270 g/mol. The highest BCUT2D eigenvalue weighted by Crippen LogP contribution is 2.32. The van der Waals surface area contributed by atoms with Crippen LogP contribution in [-0.4, -0.2) is 13.2 Å². The summed E-state index contributed by atoms with van der Waals surface area (Å²) in [6, 6.07) is 8.33. The Morgan fingerprint density at radius 1 is 1.47 bits per heavy atom. The molecule has 15 heavy (non-hydrogen) atoms. The van der Waals surface area contributed by atoms with Gasteiger partial charge in [-0.05, 0) is 18.1 Å². The molecule has 0 bridgehead atoms. The summed E-state index contributed by atoms with van der Waals surface area (Å²) in [6.07, 6.45) is 1.07. The average molecular weight is 271 g/mol. The van der Waals surface area contributed by atoms with Gasteiger partial charge in [0.15, 0.2) is 0 Å². The predicted molar refractivity (Wildman–Crippen MR) is 63.1 cm³/mol. The second-order valence-electron chi connectivity index (χ2n) is 3.79. The molecular formula is C11H15BrN2O. The van der Waals surface area contributed by atoms with Crippen molar-refractivity contribution in [2.45, 2.75) is 12.5 Å². The molecule has 1 aromatic rings. The molecule has 0 spiro atoms. The zero-order valence-corrected chi connectivity index (χ0v) is 10.0. The maximum Gasteiger partial charge on any atom is 0.0522 e. The highest BCUT2D eigenvalue weighted by molar-refractivity contribution is 9.10. The van der Waals surface area contributed by atoms with Gasteiger partial charge >= 0.3 is 0 Å². The summed E-state index contributed by atoms with van der Waals surface area (Å²) in [5.74, 6) is 6.09. The van der Waals surface area contributed by atoms with Crippen LogP contribution >= 0.6 is 15.9 Å². The van der Waals surface area contributed by atoms with Crippen LogP contribution in [0.5, 0.6) is 0 Å². The van der Waals surface area contributed by atoms with Crippen molar-refractivity contribution in [1.82, 2.24) is 5.43 Å². The standard InChI is InChI=1S/C11H15BrN2O/c12-10-4-2-1-3-9(10)11(14-13)8-5-6-15-7-8/h1-4,8,11,14H,5-7,13H2. The van der Waals surface area contributed by atoms with Crippen molar-refractivity contribution in [2.75, 3.05) is 13.2 Å². The average Bonchev–Trinajstić information content (AvgIpc) is 2.75. The first kappa shape index (κ1) is 11.1. The zero-order chi connectivity index (χ0) is 10.7. The number of hydrazine groups is 1. The first-order valence-corrected chi connectivity index (χ1v) is 5.90. The quantitative estimate of drug-likeness (QED) is 0.653. The summed E-state index contributed by atoms with van der Waals surface area (Å²) in [6.45, 7) is 1.63. The van der Waals surface area contributed by atoms with Gasteiger partial charge in [-0.1, -0.05) is 34.1 Å². The summed E-state index contributed by atoms with van der Waals surface area (Å²) < 4.78 is 6.49. The molecular weight excluding hydrogens is 256 g/mol. The lowest BCUT2D eigenvalue weighted by atomic mass is 9.93. The highest BCUT2D eigenvalue weighted by Gasteiger charge is 2.27. The smallest absolute Gasteiger partial charge is 0.0522 e. The van der Waals surface area contributed by atoms with Crippen LogP contribution < -0.4 is 11.3 Å². The SMILES string of the molecule is NNC(c1ccccc1Br)C1CCOC1. The Hall–Kier alpha value is -0.420. The summed E-state index contributed by atoms with van der Waals surface area (Å²) in [5, 5.41) is 0. The zero-order valence-electron chi connectivity index (χ0n) is 8.45. The lowest BCUT2D eigenvalue weighted by Crippen LogP contribution is -2.34. The maximum absolute atomic E-state index is 5.63. The molecule has 1 fully saturated rings. The van der Waals surface area contributed by atoms with Crippen molar-refractivity contribution < 1.29 is 4.74 Å². The molecule has 2 unspecified atom stereocenters. The van der Waals surface area contributed by atoms with E-state index in [-0.39, 0.29) is 6.04 Å². The number of hydrogen-bond acceptors (Lipinski definition) is 3.